The fraction of sp³-hybridized carbons (Fsp3) is 0.0833. The number of pyridine rings is 1. The van der Waals surface area contributed by atoms with Crippen molar-refractivity contribution >= 4 is 25.8 Å². The van der Waals surface area contributed by atoms with Crippen molar-refractivity contribution in [2.24, 2.45) is 0 Å². The Kier molecular flexibility index (Phi) is 3.77. The summed E-state index contributed by atoms with van der Waals surface area (Å²) in [5, 5.41) is -0.0488. The molecule has 2 aromatic rings. The van der Waals surface area contributed by atoms with Crippen molar-refractivity contribution in [1.29, 1.82) is 0 Å². The van der Waals surface area contributed by atoms with Gasteiger partial charge in [0.15, 0.2) is 14.9 Å². The highest BCUT2D eigenvalue weighted by Gasteiger charge is 2.18. The molecule has 0 N–H and O–H groups in total. The van der Waals surface area contributed by atoms with Crippen LogP contribution >= 0.6 is 15.9 Å². The Morgan fingerprint density at radius 3 is 2.61 bits per heavy atom. The van der Waals surface area contributed by atoms with Gasteiger partial charge in [-0.3, -0.25) is 0 Å². The molecule has 94 valence electrons. The van der Waals surface area contributed by atoms with E-state index in [1.165, 1.54) is 24.4 Å². The summed E-state index contributed by atoms with van der Waals surface area (Å²) in [7, 11) is -3.62. The minimum Gasteiger partial charge on any atom is -0.245 e. The maximum absolute atomic E-state index is 13.6. The average Bonchev–Trinajstić information content (AvgIpc) is 2.34. The molecule has 0 radical (unpaired) electrons. The van der Waals surface area contributed by atoms with Crippen molar-refractivity contribution in [2.45, 2.75) is 10.8 Å². The molecule has 0 amide bonds. The Balaban J connectivity index is 2.34. The lowest BCUT2D eigenvalue weighted by Gasteiger charge is -2.05. The van der Waals surface area contributed by atoms with Crippen LogP contribution in [0.1, 0.15) is 5.56 Å². The molecule has 2 rings (SSSR count). The van der Waals surface area contributed by atoms with Crippen molar-refractivity contribution in [3.05, 3.63) is 58.4 Å². The van der Waals surface area contributed by atoms with Crippen LogP contribution in [0.5, 0.6) is 0 Å². The van der Waals surface area contributed by atoms with E-state index >= 15 is 0 Å². The Morgan fingerprint density at radius 2 is 2.00 bits per heavy atom. The molecular formula is C12H9BrFNO2S. The molecule has 1 aromatic carbocycles. The van der Waals surface area contributed by atoms with Gasteiger partial charge in [-0.15, -0.1) is 0 Å². The zero-order valence-corrected chi connectivity index (χ0v) is 11.6. The van der Waals surface area contributed by atoms with Crippen molar-refractivity contribution < 1.29 is 12.8 Å². The molecule has 0 saturated heterocycles. The first-order valence-electron chi connectivity index (χ1n) is 5.07. The van der Waals surface area contributed by atoms with Gasteiger partial charge < -0.3 is 0 Å². The zero-order valence-electron chi connectivity index (χ0n) is 9.18. The van der Waals surface area contributed by atoms with E-state index in [2.05, 4.69) is 20.9 Å². The van der Waals surface area contributed by atoms with Crippen LogP contribution in [0.15, 0.2) is 52.1 Å². The molecule has 1 aromatic heterocycles. The van der Waals surface area contributed by atoms with E-state index in [1.54, 1.807) is 18.2 Å². The molecule has 0 saturated carbocycles. The number of aromatic nitrogens is 1. The van der Waals surface area contributed by atoms with Crippen LogP contribution in [0.3, 0.4) is 0 Å². The average molecular weight is 330 g/mol. The number of sulfone groups is 1. The second-order valence-electron chi connectivity index (χ2n) is 3.66. The van der Waals surface area contributed by atoms with Crippen LogP contribution in [0, 0.1) is 5.82 Å². The molecule has 0 bridgehead atoms. The van der Waals surface area contributed by atoms with E-state index in [9.17, 15) is 12.8 Å². The topological polar surface area (TPSA) is 47.0 Å². The molecule has 0 aliphatic rings. The van der Waals surface area contributed by atoms with Crippen molar-refractivity contribution in [3.63, 3.8) is 0 Å². The quantitative estimate of drug-likeness (QED) is 0.869. The predicted molar refractivity (Wildman–Crippen MR) is 69.2 cm³/mol. The van der Waals surface area contributed by atoms with Gasteiger partial charge in [0.05, 0.1) is 5.75 Å². The number of hydrogen-bond acceptors (Lipinski definition) is 3. The number of nitrogens with zero attached hydrogens (tertiary/aromatic N) is 1. The zero-order chi connectivity index (χ0) is 13.2. The van der Waals surface area contributed by atoms with Crippen LogP contribution in [-0.4, -0.2) is 13.4 Å². The summed E-state index contributed by atoms with van der Waals surface area (Å²) in [5.41, 5.74) is 0.129. The fourth-order valence-corrected chi connectivity index (χ4v) is 3.08. The van der Waals surface area contributed by atoms with Gasteiger partial charge >= 0.3 is 0 Å². The minimum absolute atomic E-state index is 0.0488. The Labute approximate surface area is 113 Å². The number of halogens is 2. The molecule has 0 aliphatic heterocycles. The third-order valence-electron chi connectivity index (χ3n) is 2.32. The van der Waals surface area contributed by atoms with Gasteiger partial charge in [-0.2, -0.15) is 0 Å². The number of rotatable bonds is 3. The molecule has 0 unspecified atom stereocenters. The highest BCUT2D eigenvalue weighted by atomic mass is 79.9. The third-order valence-corrected chi connectivity index (χ3v) is 4.38. The summed E-state index contributed by atoms with van der Waals surface area (Å²) in [4.78, 5) is 3.77. The van der Waals surface area contributed by atoms with Gasteiger partial charge in [-0.05, 0) is 24.3 Å². The lowest BCUT2D eigenvalue weighted by atomic mass is 10.2. The summed E-state index contributed by atoms with van der Waals surface area (Å²) in [6, 6.07) is 8.89. The van der Waals surface area contributed by atoms with E-state index in [0.29, 0.717) is 4.47 Å². The molecule has 6 heteroatoms. The SMILES string of the molecule is O=S(=O)(Cc1ccc(Br)cc1F)c1ccccn1. The third kappa shape index (κ3) is 2.94. The van der Waals surface area contributed by atoms with Gasteiger partial charge in [0, 0.05) is 16.2 Å². The lowest BCUT2D eigenvalue weighted by molar-refractivity contribution is 0.584. The van der Waals surface area contributed by atoms with Crippen LogP contribution in [-0.2, 0) is 15.6 Å². The molecule has 0 fully saturated rings. The molecule has 1 heterocycles. The summed E-state index contributed by atoms with van der Waals surface area (Å²) >= 11 is 3.12. The first-order valence-corrected chi connectivity index (χ1v) is 7.51. The van der Waals surface area contributed by atoms with Crippen molar-refractivity contribution in [2.75, 3.05) is 0 Å². The van der Waals surface area contributed by atoms with E-state index in [0.717, 1.165) is 0 Å². The molecule has 0 atom stereocenters. The fourth-order valence-electron chi connectivity index (χ4n) is 1.45. The van der Waals surface area contributed by atoms with E-state index in [-0.39, 0.29) is 10.6 Å². The second kappa shape index (κ2) is 5.16. The van der Waals surface area contributed by atoms with E-state index in [1.807, 2.05) is 0 Å². The second-order valence-corrected chi connectivity index (χ2v) is 6.51. The van der Waals surface area contributed by atoms with Crippen LogP contribution in [0.4, 0.5) is 4.39 Å². The van der Waals surface area contributed by atoms with Gasteiger partial charge in [0.2, 0.25) is 0 Å². The largest absolute Gasteiger partial charge is 0.245 e. The lowest BCUT2D eigenvalue weighted by Crippen LogP contribution is -2.08. The Hall–Kier alpha value is -1.27. The Morgan fingerprint density at radius 1 is 1.22 bits per heavy atom. The molecule has 0 aliphatic carbocycles. The smallest absolute Gasteiger partial charge is 0.199 e. The summed E-state index contributed by atoms with van der Waals surface area (Å²) < 4.78 is 38.1. The summed E-state index contributed by atoms with van der Waals surface area (Å²) in [6.07, 6.45) is 1.39. The van der Waals surface area contributed by atoms with Crippen LogP contribution < -0.4 is 0 Å². The van der Waals surface area contributed by atoms with Crippen LogP contribution in [0.2, 0.25) is 0 Å². The van der Waals surface area contributed by atoms with Crippen LogP contribution in [0.25, 0.3) is 0 Å². The van der Waals surface area contributed by atoms with Gasteiger partial charge in [0.25, 0.3) is 0 Å². The monoisotopic (exact) mass is 329 g/mol. The summed E-state index contributed by atoms with van der Waals surface area (Å²) in [6.45, 7) is 0. The van der Waals surface area contributed by atoms with Crippen molar-refractivity contribution in [3.8, 4) is 0 Å². The molecule has 18 heavy (non-hydrogen) atoms. The predicted octanol–water partition coefficient (Wildman–Crippen LogP) is 2.96. The number of benzene rings is 1. The van der Waals surface area contributed by atoms with E-state index < -0.39 is 21.4 Å². The first kappa shape index (κ1) is 13.2. The summed E-state index contributed by atoms with van der Waals surface area (Å²) in [5.74, 6) is -0.952. The normalized spacial score (nSPS) is 11.4. The molecule has 3 nitrogen and oxygen atoms in total. The highest BCUT2D eigenvalue weighted by molar-refractivity contribution is 9.10. The van der Waals surface area contributed by atoms with Gasteiger partial charge in [-0.25, -0.2) is 17.8 Å². The van der Waals surface area contributed by atoms with E-state index in [4.69, 9.17) is 0 Å². The van der Waals surface area contributed by atoms with Gasteiger partial charge in [-0.1, -0.05) is 28.1 Å². The minimum atomic E-state index is -3.62. The maximum Gasteiger partial charge on any atom is 0.199 e. The highest BCUT2D eigenvalue weighted by Crippen LogP contribution is 2.19. The number of hydrogen-bond donors (Lipinski definition) is 0. The standard InChI is InChI=1S/C12H9BrFNO2S/c13-10-5-4-9(11(14)7-10)8-18(16,17)12-3-1-2-6-15-12/h1-7H,8H2. The Bertz CT molecular complexity index is 659. The maximum atomic E-state index is 13.6. The van der Waals surface area contributed by atoms with Crippen molar-refractivity contribution in [1.82, 2.24) is 4.98 Å². The first-order chi connectivity index (χ1) is 8.49. The molecular weight excluding hydrogens is 321 g/mol. The van der Waals surface area contributed by atoms with Gasteiger partial charge in [0.1, 0.15) is 5.82 Å². The molecule has 0 spiro atoms.